The molecule has 0 fully saturated rings. The van der Waals surface area contributed by atoms with E-state index in [0.29, 0.717) is 6.61 Å². The van der Waals surface area contributed by atoms with Crippen LogP contribution < -0.4 is 10.2 Å². The van der Waals surface area contributed by atoms with Crippen molar-refractivity contribution >= 4 is 17.3 Å². The van der Waals surface area contributed by atoms with Gasteiger partial charge in [-0.1, -0.05) is 17.7 Å². The molecule has 0 saturated carbocycles. The predicted octanol–water partition coefficient (Wildman–Crippen LogP) is 2.55. The molecule has 0 radical (unpaired) electrons. The summed E-state index contributed by atoms with van der Waals surface area (Å²) in [5, 5.41) is 3.91. The third kappa shape index (κ3) is 5.67. The zero-order valence-corrected chi connectivity index (χ0v) is 13.4. The van der Waals surface area contributed by atoms with E-state index in [0.717, 1.165) is 48.9 Å². The fourth-order valence-corrected chi connectivity index (χ4v) is 2.28. The topological polar surface area (TPSA) is 33.7 Å². The smallest absolute Gasteiger partial charge is 0.0637 e. The van der Waals surface area contributed by atoms with Gasteiger partial charge in [0.2, 0.25) is 0 Å². The Hall–Kier alpha value is -0.810. The number of halogens is 1. The van der Waals surface area contributed by atoms with E-state index >= 15 is 0 Å². The molecular weight excluding hydrogens is 276 g/mol. The van der Waals surface area contributed by atoms with Gasteiger partial charge in [0, 0.05) is 51.2 Å². The molecule has 0 saturated heterocycles. The number of ether oxygens (including phenoxy) is 2. The van der Waals surface area contributed by atoms with Gasteiger partial charge in [-0.15, -0.1) is 0 Å². The lowest BCUT2D eigenvalue weighted by Gasteiger charge is -2.25. The highest BCUT2D eigenvalue weighted by Crippen LogP contribution is 2.24. The van der Waals surface area contributed by atoms with E-state index in [1.165, 1.54) is 0 Å². The summed E-state index contributed by atoms with van der Waals surface area (Å²) in [5.74, 6) is 0. The van der Waals surface area contributed by atoms with E-state index in [9.17, 15) is 0 Å². The van der Waals surface area contributed by atoms with Gasteiger partial charge >= 0.3 is 0 Å². The van der Waals surface area contributed by atoms with Gasteiger partial charge < -0.3 is 19.7 Å². The highest BCUT2D eigenvalue weighted by atomic mass is 35.5. The second kappa shape index (κ2) is 10.00. The molecular formula is C15H25ClN2O2. The Balaban J connectivity index is 2.75. The van der Waals surface area contributed by atoms with Gasteiger partial charge in [-0.2, -0.15) is 0 Å². The maximum atomic E-state index is 6.32. The van der Waals surface area contributed by atoms with Crippen molar-refractivity contribution in [2.45, 2.75) is 13.0 Å². The minimum atomic E-state index is 0.697. The zero-order valence-electron chi connectivity index (χ0n) is 12.6. The van der Waals surface area contributed by atoms with Crippen LogP contribution in [0.4, 0.5) is 5.69 Å². The lowest BCUT2D eigenvalue weighted by molar-refractivity contribution is 0.191. The van der Waals surface area contributed by atoms with Gasteiger partial charge in [0.05, 0.1) is 6.61 Å². The Morgan fingerprint density at radius 3 is 2.50 bits per heavy atom. The zero-order chi connectivity index (χ0) is 14.8. The number of hydrogen-bond acceptors (Lipinski definition) is 4. The monoisotopic (exact) mass is 300 g/mol. The summed E-state index contributed by atoms with van der Waals surface area (Å²) in [5.41, 5.74) is 2.24. The number of nitrogens with one attached hydrogen (secondary N) is 1. The number of anilines is 1. The third-order valence-electron chi connectivity index (χ3n) is 3.11. The first-order valence-electron chi connectivity index (χ1n) is 6.88. The van der Waals surface area contributed by atoms with E-state index in [-0.39, 0.29) is 0 Å². The number of benzene rings is 1. The molecule has 0 unspecified atom stereocenters. The molecule has 1 N–H and O–H groups in total. The number of rotatable bonds is 10. The van der Waals surface area contributed by atoms with E-state index in [1.807, 2.05) is 13.1 Å². The van der Waals surface area contributed by atoms with Crippen molar-refractivity contribution in [3.63, 3.8) is 0 Å². The van der Waals surface area contributed by atoms with Gasteiger partial charge in [-0.3, -0.25) is 0 Å². The largest absolute Gasteiger partial charge is 0.385 e. The first-order valence-corrected chi connectivity index (χ1v) is 7.26. The summed E-state index contributed by atoms with van der Waals surface area (Å²) in [6, 6.07) is 6.21. The molecule has 0 aliphatic carbocycles. The molecule has 5 heteroatoms. The highest BCUT2D eigenvalue weighted by molar-refractivity contribution is 6.31. The van der Waals surface area contributed by atoms with E-state index < -0.39 is 0 Å². The molecule has 4 nitrogen and oxygen atoms in total. The molecule has 20 heavy (non-hydrogen) atoms. The number of methoxy groups -OCH3 is 2. The summed E-state index contributed by atoms with van der Waals surface area (Å²) >= 11 is 6.32. The van der Waals surface area contributed by atoms with Crippen molar-refractivity contribution in [3.05, 3.63) is 28.8 Å². The van der Waals surface area contributed by atoms with E-state index in [1.54, 1.807) is 14.2 Å². The van der Waals surface area contributed by atoms with Crippen LogP contribution >= 0.6 is 11.6 Å². The van der Waals surface area contributed by atoms with Crippen LogP contribution in [0.25, 0.3) is 0 Å². The Kier molecular flexibility index (Phi) is 8.62. The van der Waals surface area contributed by atoms with Crippen molar-refractivity contribution in [1.29, 1.82) is 0 Å². The molecule has 0 bridgehead atoms. The van der Waals surface area contributed by atoms with Gasteiger partial charge in [0.15, 0.2) is 0 Å². The van der Waals surface area contributed by atoms with Gasteiger partial charge in [-0.05, 0) is 31.2 Å². The molecule has 0 heterocycles. The molecule has 0 atom stereocenters. The average Bonchev–Trinajstić information content (AvgIpc) is 2.45. The Morgan fingerprint density at radius 1 is 1.15 bits per heavy atom. The van der Waals surface area contributed by atoms with Crippen molar-refractivity contribution in [1.82, 2.24) is 5.32 Å². The van der Waals surface area contributed by atoms with Crippen LogP contribution in [0.2, 0.25) is 5.02 Å². The van der Waals surface area contributed by atoms with Crippen LogP contribution in [-0.2, 0) is 16.0 Å². The highest BCUT2D eigenvalue weighted by Gasteiger charge is 2.09. The number of hydrogen-bond donors (Lipinski definition) is 1. The van der Waals surface area contributed by atoms with E-state index in [4.69, 9.17) is 21.1 Å². The second-order valence-corrected chi connectivity index (χ2v) is 5.04. The van der Waals surface area contributed by atoms with Crippen molar-refractivity contribution in [2.24, 2.45) is 0 Å². The van der Waals surface area contributed by atoms with Crippen molar-refractivity contribution < 1.29 is 9.47 Å². The maximum absolute atomic E-state index is 6.32. The standard InChI is InChI=1S/C15H25ClN2O2/c1-17-12-13-5-6-14(11-15(13)16)18(8-10-20-3)7-4-9-19-2/h5-6,11,17H,4,7-10,12H2,1-3H3. The fourth-order valence-electron chi connectivity index (χ4n) is 2.04. The molecule has 0 spiro atoms. The first-order chi connectivity index (χ1) is 9.72. The molecule has 1 rings (SSSR count). The quantitative estimate of drug-likeness (QED) is 0.673. The summed E-state index contributed by atoms with van der Waals surface area (Å²) in [6.07, 6.45) is 0.982. The Morgan fingerprint density at radius 2 is 1.90 bits per heavy atom. The van der Waals surface area contributed by atoms with Crippen LogP contribution in [0.15, 0.2) is 18.2 Å². The summed E-state index contributed by atoms with van der Waals surface area (Å²) < 4.78 is 10.3. The van der Waals surface area contributed by atoms with Gasteiger partial charge in [0.1, 0.15) is 0 Å². The van der Waals surface area contributed by atoms with Gasteiger partial charge in [0.25, 0.3) is 0 Å². The molecule has 0 aromatic heterocycles. The summed E-state index contributed by atoms with van der Waals surface area (Å²) in [4.78, 5) is 2.28. The summed E-state index contributed by atoms with van der Waals surface area (Å²) in [7, 11) is 5.36. The third-order valence-corrected chi connectivity index (χ3v) is 3.46. The van der Waals surface area contributed by atoms with Gasteiger partial charge in [-0.25, -0.2) is 0 Å². The van der Waals surface area contributed by atoms with Crippen LogP contribution in [-0.4, -0.2) is 47.6 Å². The first kappa shape index (κ1) is 17.2. The minimum Gasteiger partial charge on any atom is -0.385 e. The Bertz CT molecular complexity index is 388. The molecule has 1 aromatic rings. The SMILES string of the molecule is CNCc1ccc(N(CCCOC)CCOC)cc1Cl. The lowest BCUT2D eigenvalue weighted by atomic mass is 10.2. The molecule has 0 amide bonds. The second-order valence-electron chi connectivity index (χ2n) is 4.63. The molecule has 0 aliphatic rings. The van der Waals surface area contributed by atoms with Crippen LogP contribution in [0.3, 0.4) is 0 Å². The normalized spacial score (nSPS) is 10.8. The maximum Gasteiger partial charge on any atom is 0.0637 e. The molecule has 0 aliphatic heterocycles. The fraction of sp³-hybridized carbons (Fsp3) is 0.600. The summed E-state index contributed by atoms with van der Waals surface area (Å²) in [6.45, 7) is 4.01. The van der Waals surface area contributed by atoms with Crippen molar-refractivity contribution in [3.8, 4) is 0 Å². The van der Waals surface area contributed by atoms with Crippen molar-refractivity contribution in [2.75, 3.05) is 52.5 Å². The minimum absolute atomic E-state index is 0.697. The molecule has 114 valence electrons. The predicted molar refractivity (Wildman–Crippen MR) is 84.8 cm³/mol. The van der Waals surface area contributed by atoms with Crippen LogP contribution in [0.5, 0.6) is 0 Å². The Labute approximate surface area is 127 Å². The number of nitrogens with zero attached hydrogens (tertiary/aromatic N) is 1. The van der Waals surface area contributed by atoms with Crippen LogP contribution in [0.1, 0.15) is 12.0 Å². The van der Waals surface area contributed by atoms with E-state index in [2.05, 4.69) is 22.3 Å². The average molecular weight is 301 g/mol. The molecule has 1 aromatic carbocycles. The van der Waals surface area contributed by atoms with Crippen LogP contribution in [0, 0.1) is 0 Å². The lowest BCUT2D eigenvalue weighted by Crippen LogP contribution is -2.29.